The van der Waals surface area contributed by atoms with E-state index in [0.29, 0.717) is 6.54 Å². The molecule has 4 nitrogen and oxygen atoms in total. The molecule has 0 saturated carbocycles. The number of nitrogens with one attached hydrogen (secondary N) is 1. The summed E-state index contributed by atoms with van der Waals surface area (Å²) in [6, 6.07) is 0. The zero-order valence-electron chi connectivity index (χ0n) is 7.62. The molecule has 0 unspecified atom stereocenters. The van der Waals surface area contributed by atoms with Gasteiger partial charge in [-0.05, 0) is 7.05 Å². The molecule has 0 aromatic rings. The fraction of sp³-hybridized carbons (Fsp3) is 0.875. The maximum atomic E-state index is 10.2. The number of hydrogen-bond acceptors (Lipinski definition) is 4. The van der Waals surface area contributed by atoms with Crippen molar-refractivity contribution in [3.63, 3.8) is 0 Å². The van der Waals surface area contributed by atoms with Gasteiger partial charge >= 0.3 is 0 Å². The Labute approximate surface area is 73.5 Å². The highest BCUT2D eigenvalue weighted by molar-refractivity contribution is 5.51. The molecule has 0 atom stereocenters. The quantitative estimate of drug-likeness (QED) is 0.549. The first-order chi connectivity index (χ1) is 5.86. The predicted molar refractivity (Wildman–Crippen MR) is 48.0 cm³/mol. The maximum absolute atomic E-state index is 10.2. The van der Waals surface area contributed by atoms with E-state index in [2.05, 4.69) is 15.1 Å². The van der Waals surface area contributed by atoms with E-state index in [1.807, 2.05) is 7.05 Å². The highest BCUT2D eigenvalue weighted by Crippen LogP contribution is 1.98. The molecule has 0 aromatic carbocycles. The Balaban J connectivity index is 2.15. The van der Waals surface area contributed by atoms with Gasteiger partial charge in [0.2, 0.25) is 0 Å². The molecule has 0 radical (unpaired) electrons. The third-order valence-corrected chi connectivity index (χ3v) is 2.18. The first-order valence-electron chi connectivity index (χ1n) is 4.39. The first-order valence-corrected chi connectivity index (χ1v) is 4.39. The summed E-state index contributed by atoms with van der Waals surface area (Å²) in [7, 11) is 1.96. The zero-order valence-corrected chi connectivity index (χ0v) is 7.62. The number of piperazine rings is 1. The van der Waals surface area contributed by atoms with Crippen LogP contribution in [0.15, 0.2) is 0 Å². The number of aldehydes is 1. The first kappa shape index (κ1) is 9.64. The fourth-order valence-corrected chi connectivity index (χ4v) is 1.46. The van der Waals surface area contributed by atoms with Crippen molar-refractivity contribution in [2.24, 2.45) is 0 Å². The summed E-state index contributed by atoms with van der Waals surface area (Å²) < 4.78 is 0. The molecule has 1 rings (SSSR count). The molecule has 4 heteroatoms. The molecule has 0 aliphatic carbocycles. The predicted octanol–water partition coefficient (Wildman–Crippen LogP) is -1.02. The number of nitrogens with zero attached hydrogens (tertiary/aromatic N) is 2. The minimum Gasteiger partial charge on any atom is -0.307 e. The van der Waals surface area contributed by atoms with Gasteiger partial charge in [-0.3, -0.25) is 9.80 Å². The molecule has 0 bridgehead atoms. The Hall–Kier alpha value is -0.450. The summed E-state index contributed by atoms with van der Waals surface area (Å²) in [5.41, 5.74) is 0. The molecule has 0 spiro atoms. The number of hydrogen-bond donors (Lipinski definition) is 1. The standard InChI is InChI=1S/C8H17N3O/c1-9-8-11-4-2-10(3-5-11)6-7-12/h7,9H,2-6,8H2,1H3. The average Bonchev–Trinajstić information content (AvgIpc) is 2.09. The van der Waals surface area contributed by atoms with E-state index in [-0.39, 0.29) is 0 Å². The van der Waals surface area contributed by atoms with Gasteiger partial charge in [-0.25, -0.2) is 0 Å². The monoisotopic (exact) mass is 171 g/mol. The molecule has 1 heterocycles. The normalized spacial score (nSPS) is 21.1. The van der Waals surface area contributed by atoms with Crippen LogP contribution < -0.4 is 5.32 Å². The van der Waals surface area contributed by atoms with E-state index >= 15 is 0 Å². The van der Waals surface area contributed by atoms with Crippen molar-refractivity contribution >= 4 is 6.29 Å². The summed E-state index contributed by atoms with van der Waals surface area (Å²) >= 11 is 0. The molecule has 1 aliphatic rings. The van der Waals surface area contributed by atoms with Crippen molar-refractivity contribution in [1.82, 2.24) is 15.1 Å². The average molecular weight is 171 g/mol. The van der Waals surface area contributed by atoms with Crippen LogP contribution in [0.1, 0.15) is 0 Å². The number of rotatable bonds is 4. The van der Waals surface area contributed by atoms with Crippen LogP contribution in [-0.4, -0.2) is 62.5 Å². The van der Waals surface area contributed by atoms with E-state index in [1.165, 1.54) is 0 Å². The molecule has 1 aliphatic heterocycles. The Morgan fingerprint density at radius 2 is 1.83 bits per heavy atom. The van der Waals surface area contributed by atoms with E-state index in [1.54, 1.807) is 0 Å². The van der Waals surface area contributed by atoms with Gasteiger partial charge in [0.15, 0.2) is 0 Å². The molecule has 1 fully saturated rings. The van der Waals surface area contributed by atoms with Crippen LogP contribution in [0, 0.1) is 0 Å². The topological polar surface area (TPSA) is 35.6 Å². The van der Waals surface area contributed by atoms with Crippen molar-refractivity contribution < 1.29 is 4.79 Å². The lowest BCUT2D eigenvalue weighted by molar-refractivity contribution is -0.109. The van der Waals surface area contributed by atoms with Gasteiger partial charge in [-0.2, -0.15) is 0 Å². The number of carbonyl (C=O) groups is 1. The van der Waals surface area contributed by atoms with Crippen LogP contribution in [0.3, 0.4) is 0 Å². The van der Waals surface area contributed by atoms with Crippen molar-refractivity contribution in [2.45, 2.75) is 0 Å². The Kier molecular flexibility index (Phi) is 4.21. The lowest BCUT2D eigenvalue weighted by atomic mass is 10.3. The van der Waals surface area contributed by atoms with Gasteiger partial charge in [-0.1, -0.05) is 0 Å². The lowest BCUT2D eigenvalue weighted by Crippen LogP contribution is -2.49. The fourth-order valence-electron chi connectivity index (χ4n) is 1.46. The van der Waals surface area contributed by atoms with Gasteiger partial charge in [0, 0.05) is 32.8 Å². The highest BCUT2D eigenvalue weighted by Gasteiger charge is 2.14. The molecular weight excluding hydrogens is 154 g/mol. The molecule has 70 valence electrons. The van der Waals surface area contributed by atoms with Crippen LogP contribution in [0.4, 0.5) is 0 Å². The number of carbonyl (C=O) groups excluding carboxylic acids is 1. The van der Waals surface area contributed by atoms with Crippen molar-refractivity contribution in [3.8, 4) is 0 Å². The highest BCUT2D eigenvalue weighted by atomic mass is 16.1. The summed E-state index contributed by atoms with van der Waals surface area (Å²) in [6.45, 7) is 5.70. The molecule has 0 amide bonds. The van der Waals surface area contributed by atoms with Crippen LogP contribution >= 0.6 is 0 Å². The largest absolute Gasteiger partial charge is 0.307 e. The Morgan fingerprint density at radius 1 is 1.25 bits per heavy atom. The van der Waals surface area contributed by atoms with Crippen LogP contribution in [0.2, 0.25) is 0 Å². The second-order valence-electron chi connectivity index (χ2n) is 3.10. The van der Waals surface area contributed by atoms with Crippen molar-refractivity contribution in [2.75, 3.05) is 46.4 Å². The Bertz CT molecular complexity index is 132. The third-order valence-electron chi connectivity index (χ3n) is 2.18. The van der Waals surface area contributed by atoms with Crippen LogP contribution in [-0.2, 0) is 4.79 Å². The van der Waals surface area contributed by atoms with Gasteiger partial charge in [0.1, 0.15) is 6.29 Å². The van der Waals surface area contributed by atoms with Gasteiger partial charge < -0.3 is 10.1 Å². The summed E-state index contributed by atoms with van der Waals surface area (Å²) in [5, 5.41) is 3.12. The second-order valence-corrected chi connectivity index (χ2v) is 3.10. The van der Waals surface area contributed by atoms with Crippen LogP contribution in [0.5, 0.6) is 0 Å². The van der Waals surface area contributed by atoms with E-state index in [4.69, 9.17) is 0 Å². The molecular formula is C8H17N3O. The van der Waals surface area contributed by atoms with E-state index in [9.17, 15) is 4.79 Å². The van der Waals surface area contributed by atoms with Crippen molar-refractivity contribution in [1.29, 1.82) is 0 Å². The summed E-state index contributed by atoms with van der Waals surface area (Å²) in [5.74, 6) is 0. The summed E-state index contributed by atoms with van der Waals surface area (Å²) in [4.78, 5) is 14.7. The van der Waals surface area contributed by atoms with Gasteiger partial charge in [0.25, 0.3) is 0 Å². The van der Waals surface area contributed by atoms with E-state index < -0.39 is 0 Å². The lowest BCUT2D eigenvalue weighted by Gasteiger charge is -2.33. The molecule has 12 heavy (non-hydrogen) atoms. The summed E-state index contributed by atoms with van der Waals surface area (Å²) in [6.07, 6.45) is 0.980. The van der Waals surface area contributed by atoms with Gasteiger partial charge in [-0.15, -0.1) is 0 Å². The van der Waals surface area contributed by atoms with Gasteiger partial charge in [0.05, 0.1) is 6.54 Å². The third kappa shape index (κ3) is 2.89. The van der Waals surface area contributed by atoms with Crippen molar-refractivity contribution in [3.05, 3.63) is 0 Å². The second kappa shape index (κ2) is 5.24. The molecule has 0 aromatic heterocycles. The smallest absolute Gasteiger partial charge is 0.133 e. The maximum Gasteiger partial charge on any atom is 0.133 e. The minimum absolute atomic E-state index is 0.591. The zero-order chi connectivity index (χ0) is 8.81. The SMILES string of the molecule is CNCN1CCN(CC=O)CC1. The molecule has 1 saturated heterocycles. The minimum atomic E-state index is 0.591. The van der Waals surface area contributed by atoms with E-state index in [0.717, 1.165) is 39.1 Å². The van der Waals surface area contributed by atoms with Crippen LogP contribution in [0.25, 0.3) is 0 Å². The molecule has 1 N–H and O–H groups in total. The Morgan fingerprint density at radius 3 is 2.33 bits per heavy atom.